The van der Waals surface area contributed by atoms with Gasteiger partial charge in [-0.15, -0.1) is 12.6 Å². The molecule has 0 aromatic carbocycles. The van der Waals surface area contributed by atoms with Crippen molar-refractivity contribution in [1.82, 2.24) is 0 Å². The lowest BCUT2D eigenvalue weighted by atomic mass is 10.1. The Kier molecular flexibility index (Phi) is 5.08. The zero-order chi connectivity index (χ0) is 12.1. The minimum atomic E-state index is -0.353. The normalized spacial score (nSPS) is 29.6. The maximum atomic E-state index is 10.8. The van der Waals surface area contributed by atoms with Crippen molar-refractivity contribution < 1.29 is 23.8 Å². The van der Waals surface area contributed by atoms with Crippen LogP contribution in [0.15, 0.2) is 0 Å². The lowest BCUT2D eigenvalue weighted by Crippen LogP contribution is -2.38. The third-order valence-electron chi connectivity index (χ3n) is 2.14. The van der Waals surface area contributed by atoms with E-state index in [2.05, 4.69) is 12.6 Å². The van der Waals surface area contributed by atoms with Crippen LogP contribution in [-0.2, 0) is 23.8 Å². The average molecular weight is 248 g/mol. The molecule has 1 saturated heterocycles. The highest BCUT2D eigenvalue weighted by molar-refractivity contribution is 7.80. The van der Waals surface area contributed by atoms with Gasteiger partial charge in [0, 0.05) is 26.7 Å². The molecule has 1 aliphatic heterocycles. The molecule has 0 saturated carbocycles. The Bertz CT molecular complexity index is 268. The van der Waals surface area contributed by atoms with Gasteiger partial charge in [-0.05, 0) is 0 Å². The van der Waals surface area contributed by atoms with E-state index in [9.17, 15) is 9.59 Å². The SMILES string of the molecule is CC(=O)OCC1CC(OC(C)=O)CC(S)O1. The van der Waals surface area contributed by atoms with E-state index in [0.717, 1.165) is 0 Å². The first-order valence-corrected chi connectivity index (χ1v) is 5.63. The van der Waals surface area contributed by atoms with Gasteiger partial charge in [0.2, 0.25) is 0 Å². The lowest BCUT2D eigenvalue weighted by molar-refractivity contribution is -0.162. The van der Waals surface area contributed by atoms with Gasteiger partial charge in [0.1, 0.15) is 18.1 Å². The zero-order valence-corrected chi connectivity index (χ0v) is 10.2. The second-order valence-electron chi connectivity index (χ2n) is 3.72. The van der Waals surface area contributed by atoms with Crippen LogP contribution in [0.4, 0.5) is 0 Å². The Morgan fingerprint density at radius 3 is 2.56 bits per heavy atom. The molecular weight excluding hydrogens is 232 g/mol. The van der Waals surface area contributed by atoms with Gasteiger partial charge in [-0.25, -0.2) is 0 Å². The molecule has 16 heavy (non-hydrogen) atoms. The molecule has 0 aromatic rings. The Labute approximate surface area is 99.8 Å². The molecule has 0 N–H and O–H groups in total. The first-order chi connectivity index (χ1) is 7.47. The van der Waals surface area contributed by atoms with Crippen LogP contribution < -0.4 is 0 Å². The van der Waals surface area contributed by atoms with Crippen molar-refractivity contribution >= 4 is 24.6 Å². The molecule has 0 aliphatic carbocycles. The van der Waals surface area contributed by atoms with Gasteiger partial charge in [-0.3, -0.25) is 9.59 Å². The van der Waals surface area contributed by atoms with E-state index >= 15 is 0 Å². The van der Waals surface area contributed by atoms with Crippen molar-refractivity contribution in [1.29, 1.82) is 0 Å². The zero-order valence-electron chi connectivity index (χ0n) is 9.34. The van der Waals surface area contributed by atoms with E-state index in [4.69, 9.17) is 14.2 Å². The van der Waals surface area contributed by atoms with Crippen molar-refractivity contribution in [2.75, 3.05) is 6.61 Å². The summed E-state index contributed by atoms with van der Waals surface area (Å²) in [5.74, 6) is -0.674. The van der Waals surface area contributed by atoms with Gasteiger partial charge in [-0.1, -0.05) is 0 Å². The fraction of sp³-hybridized carbons (Fsp3) is 0.800. The average Bonchev–Trinajstić information content (AvgIpc) is 2.12. The van der Waals surface area contributed by atoms with E-state index in [0.29, 0.717) is 12.8 Å². The Balaban J connectivity index is 2.40. The Morgan fingerprint density at radius 1 is 1.31 bits per heavy atom. The predicted molar refractivity (Wildman–Crippen MR) is 59.1 cm³/mol. The number of carbonyl (C=O) groups excluding carboxylic acids is 2. The molecular formula is C10H16O5S. The van der Waals surface area contributed by atoms with Crippen LogP contribution in [0.25, 0.3) is 0 Å². The van der Waals surface area contributed by atoms with Crippen molar-refractivity contribution in [2.24, 2.45) is 0 Å². The number of rotatable bonds is 3. The molecule has 1 rings (SSSR count). The quantitative estimate of drug-likeness (QED) is 0.594. The van der Waals surface area contributed by atoms with Gasteiger partial charge >= 0.3 is 11.9 Å². The van der Waals surface area contributed by atoms with Gasteiger partial charge in [-0.2, -0.15) is 0 Å². The second-order valence-corrected chi connectivity index (χ2v) is 4.29. The summed E-state index contributed by atoms with van der Waals surface area (Å²) < 4.78 is 15.4. The Morgan fingerprint density at radius 2 is 2.00 bits per heavy atom. The summed E-state index contributed by atoms with van der Waals surface area (Å²) >= 11 is 4.19. The van der Waals surface area contributed by atoms with Crippen molar-refractivity contribution in [3.05, 3.63) is 0 Å². The van der Waals surface area contributed by atoms with Crippen LogP contribution >= 0.6 is 12.6 Å². The van der Waals surface area contributed by atoms with Crippen LogP contribution in [0.3, 0.4) is 0 Å². The smallest absolute Gasteiger partial charge is 0.302 e. The third kappa shape index (κ3) is 4.85. The fourth-order valence-corrected chi connectivity index (χ4v) is 2.00. The minimum absolute atomic E-state index is 0.171. The van der Waals surface area contributed by atoms with Crippen LogP contribution in [0.1, 0.15) is 26.7 Å². The molecule has 3 unspecified atom stereocenters. The van der Waals surface area contributed by atoms with Crippen LogP contribution in [0, 0.1) is 0 Å². The first-order valence-electron chi connectivity index (χ1n) is 5.11. The summed E-state index contributed by atoms with van der Waals surface area (Å²) in [6.07, 6.45) is 0.613. The standard InChI is InChI=1S/C10H16O5S/c1-6(11)13-5-9-3-8(14-7(2)12)4-10(16)15-9/h8-10,16H,3-5H2,1-2H3. The summed E-state index contributed by atoms with van der Waals surface area (Å²) in [5, 5.41) is 0. The minimum Gasteiger partial charge on any atom is -0.463 e. The van der Waals surface area contributed by atoms with Crippen LogP contribution in [0.2, 0.25) is 0 Å². The van der Waals surface area contributed by atoms with E-state index < -0.39 is 0 Å². The summed E-state index contributed by atoms with van der Waals surface area (Å²) in [6, 6.07) is 0. The molecule has 0 spiro atoms. The predicted octanol–water partition coefficient (Wildman–Crippen LogP) is 0.916. The maximum Gasteiger partial charge on any atom is 0.302 e. The monoisotopic (exact) mass is 248 g/mol. The van der Waals surface area contributed by atoms with Gasteiger partial charge in [0.15, 0.2) is 0 Å². The molecule has 3 atom stereocenters. The lowest BCUT2D eigenvalue weighted by Gasteiger charge is -2.32. The number of carbonyl (C=O) groups is 2. The summed E-state index contributed by atoms with van der Waals surface area (Å²) in [5.41, 5.74) is -0.293. The highest BCUT2D eigenvalue weighted by atomic mass is 32.1. The molecule has 0 aromatic heterocycles. The topological polar surface area (TPSA) is 61.8 Å². The third-order valence-corrected chi connectivity index (χ3v) is 2.48. The second kappa shape index (κ2) is 6.10. The van der Waals surface area contributed by atoms with E-state index in [1.54, 1.807) is 0 Å². The molecule has 1 aliphatic rings. The van der Waals surface area contributed by atoms with Crippen LogP contribution in [0.5, 0.6) is 0 Å². The van der Waals surface area contributed by atoms with E-state index in [-0.39, 0.29) is 36.2 Å². The van der Waals surface area contributed by atoms with Crippen LogP contribution in [-0.4, -0.2) is 36.2 Å². The number of hydrogen-bond donors (Lipinski definition) is 1. The summed E-state index contributed by atoms with van der Waals surface area (Å²) in [6.45, 7) is 2.87. The summed E-state index contributed by atoms with van der Waals surface area (Å²) in [7, 11) is 0. The highest BCUT2D eigenvalue weighted by Gasteiger charge is 2.30. The van der Waals surface area contributed by atoms with Crippen molar-refractivity contribution in [3.8, 4) is 0 Å². The van der Waals surface area contributed by atoms with Gasteiger partial charge in [0.25, 0.3) is 0 Å². The molecule has 6 heteroatoms. The largest absolute Gasteiger partial charge is 0.463 e. The maximum absolute atomic E-state index is 10.8. The van der Waals surface area contributed by atoms with Gasteiger partial charge < -0.3 is 14.2 Å². The molecule has 5 nitrogen and oxygen atoms in total. The summed E-state index contributed by atoms with van der Waals surface area (Å²) in [4.78, 5) is 21.5. The molecule has 1 fully saturated rings. The fourth-order valence-electron chi connectivity index (χ4n) is 1.60. The first kappa shape index (κ1) is 13.3. The molecule has 0 bridgehead atoms. The Hall–Kier alpha value is -0.750. The van der Waals surface area contributed by atoms with Crippen molar-refractivity contribution in [3.63, 3.8) is 0 Å². The number of thiol groups is 1. The van der Waals surface area contributed by atoms with E-state index in [1.165, 1.54) is 13.8 Å². The van der Waals surface area contributed by atoms with Gasteiger partial charge in [0.05, 0.1) is 6.10 Å². The molecule has 92 valence electrons. The number of esters is 2. The van der Waals surface area contributed by atoms with E-state index in [1.807, 2.05) is 0 Å². The van der Waals surface area contributed by atoms with Crippen molar-refractivity contribution in [2.45, 2.75) is 44.3 Å². The number of hydrogen-bond acceptors (Lipinski definition) is 6. The molecule has 0 radical (unpaired) electrons. The molecule has 0 amide bonds. The highest BCUT2D eigenvalue weighted by Crippen LogP contribution is 2.24. The number of ether oxygens (including phenoxy) is 3. The molecule has 1 heterocycles.